The van der Waals surface area contributed by atoms with Gasteiger partial charge in [0, 0.05) is 25.7 Å². The van der Waals surface area contributed by atoms with Gasteiger partial charge in [-0.3, -0.25) is 4.79 Å². The molecular formula is C16H31Cl2N3O. The monoisotopic (exact) mass is 351 g/mol. The van der Waals surface area contributed by atoms with Crippen LogP contribution < -0.4 is 5.73 Å². The minimum Gasteiger partial charge on any atom is -0.342 e. The molecule has 2 aliphatic carbocycles. The van der Waals surface area contributed by atoms with Gasteiger partial charge in [-0.05, 0) is 64.0 Å². The van der Waals surface area contributed by atoms with Gasteiger partial charge in [0.1, 0.15) is 0 Å². The van der Waals surface area contributed by atoms with E-state index in [1.165, 1.54) is 19.3 Å². The molecule has 2 N–H and O–H groups in total. The fourth-order valence-electron chi connectivity index (χ4n) is 4.77. The molecule has 4 unspecified atom stereocenters. The summed E-state index contributed by atoms with van der Waals surface area (Å²) in [6, 6.07) is 0.140. The van der Waals surface area contributed by atoms with Crippen LogP contribution in [-0.4, -0.2) is 55.5 Å². The van der Waals surface area contributed by atoms with Gasteiger partial charge in [-0.15, -0.1) is 24.8 Å². The summed E-state index contributed by atoms with van der Waals surface area (Å²) in [5, 5.41) is 0. The Labute approximate surface area is 147 Å². The molecular weight excluding hydrogens is 321 g/mol. The molecule has 0 aromatic heterocycles. The van der Waals surface area contributed by atoms with Gasteiger partial charge in [0.2, 0.25) is 5.91 Å². The second-order valence-electron chi connectivity index (χ2n) is 7.47. The van der Waals surface area contributed by atoms with Crippen LogP contribution in [0.1, 0.15) is 32.1 Å². The molecule has 6 heteroatoms. The molecule has 0 aromatic carbocycles. The molecule has 2 bridgehead atoms. The standard InChI is InChI=1S/C16H29N3O.2ClH/c1-18(2)10-11-5-7-19(8-6-11)16(20)14-12-3-4-13(9-12)15(14)17;;/h11-15H,3-10,17H2,1-2H3;2*1H. The Bertz CT molecular complexity index is 370. The highest BCUT2D eigenvalue weighted by Gasteiger charge is 2.50. The fraction of sp³-hybridized carbons (Fsp3) is 0.938. The van der Waals surface area contributed by atoms with Gasteiger partial charge in [0.15, 0.2) is 0 Å². The first-order chi connectivity index (χ1) is 9.56. The average Bonchev–Trinajstić information content (AvgIpc) is 2.99. The van der Waals surface area contributed by atoms with Gasteiger partial charge in [-0.2, -0.15) is 0 Å². The Morgan fingerprint density at radius 1 is 1.09 bits per heavy atom. The van der Waals surface area contributed by atoms with Crippen molar-refractivity contribution in [2.75, 3.05) is 33.7 Å². The van der Waals surface area contributed by atoms with E-state index in [0.29, 0.717) is 17.7 Å². The molecule has 1 amide bonds. The Hall–Kier alpha value is -0.0300. The Kier molecular flexibility index (Phi) is 7.44. The van der Waals surface area contributed by atoms with Crippen molar-refractivity contribution < 1.29 is 4.79 Å². The fourth-order valence-corrected chi connectivity index (χ4v) is 4.77. The van der Waals surface area contributed by atoms with Crippen LogP contribution >= 0.6 is 24.8 Å². The minimum atomic E-state index is 0. The van der Waals surface area contributed by atoms with Crippen molar-refractivity contribution in [3.8, 4) is 0 Å². The molecule has 3 fully saturated rings. The van der Waals surface area contributed by atoms with Gasteiger partial charge >= 0.3 is 0 Å². The van der Waals surface area contributed by atoms with Gasteiger partial charge in [0.05, 0.1) is 5.92 Å². The highest BCUT2D eigenvalue weighted by molar-refractivity contribution is 5.85. The second-order valence-corrected chi connectivity index (χ2v) is 7.47. The van der Waals surface area contributed by atoms with Gasteiger partial charge in [-0.1, -0.05) is 0 Å². The molecule has 3 aliphatic rings. The number of fused-ring (bicyclic) bond motifs is 2. The maximum absolute atomic E-state index is 12.8. The summed E-state index contributed by atoms with van der Waals surface area (Å²) in [5.74, 6) is 2.47. The number of hydrogen-bond acceptors (Lipinski definition) is 3. The van der Waals surface area contributed by atoms with Crippen molar-refractivity contribution in [1.82, 2.24) is 9.80 Å². The van der Waals surface area contributed by atoms with E-state index in [1.54, 1.807) is 0 Å². The second kappa shape index (κ2) is 8.18. The number of carbonyl (C=O) groups is 1. The van der Waals surface area contributed by atoms with E-state index in [2.05, 4.69) is 23.9 Å². The maximum atomic E-state index is 12.8. The molecule has 3 rings (SSSR count). The number of hydrogen-bond donors (Lipinski definition) is 1. The zero-order valence-corrected chi connectivity index (χ0v) is 15.4. The van der Waals surface area contributed by atoms with Crippen molar-refractivity contribution in [3.05, 3.63) is 0 Å². The molecule has 1 heterocycles. The van der Waals surface area contributed by atoms with Crippen LogP contribution in [-0.2, 0) is 4.79 Å². The summed E-state index contributed by atoms with van der Waals surface area (Å²) in [5.41, 5.74) is 6.31. The number of piperidine rings is 1. The summed E-state index contributed by atoms with van der Waals surface area (Å²) in [6.07, 6.45) is 5.99. The molecule has 1 saturated heterocycles. The summed E-state index contributed by atoms with van der Waals surface area (Å²) in [4.78, 5) is 17.1. The third-order valence-electron chi connectivity index (χ3n) is 5.82. The number of amides is 1. The predicted molar refractivity (Wildman–Crippen MR) is 94.7 cm³/mol. The van der Waals surface area contributed by atoms with Crippen molar-refractivity contribution in [2.24, 2.45) is 29.4 Å². The van der Waals surface area contributed by atoms with Gasteiger partial charge in [0.25, 0.3) is 0 Å². The van der Waals surface area contributed by atoms with E-state index < -0.39 is 0 Å². The third kappa shape index (κ3) is 3.89. The summed E-state index contributed by atoms with van der Waals surface area (Å²) >= 11 is 0. The van der Waals surface area contributed by atoms with Crippen LogP contribution in [0.25, 0.3) is 0 Å². The Morgan fingerprint density at radius 3 is 2.18 bits per heavy atom. The molecule has 130 valence electrons. The zero-order chi connectivity index (χ0) is 14.3. The number of rotatable bonds is 3. The number of carbonyl (C=O) groups excluding carboxylic acids is 1. The van der Waals surface area contributed by atoms with Crippen molar-refractivity contribution in [2.45, 2.75) is 38.1 Å². The summed E-state index contributed by atoms with van der Waals surface area (Å²) < 4.78 is 0. The average molecular weight is 352 g/mol. The lowest BCUT2D eigenvalue weighted by molar-refractivity contribution is -0.139. The number of halogens is 2. The first-order valence-electron chi connectivity index (χ1n) is 8.25. The highest BCUT2D eigenvalue weighted by Crippen LogP contribution is 2.48. The predicted octanol–water partition coefficient (Wildman–Crippen LogP) is 2.00. The maximum Gasteiger partial charge on any atom is 0.227 e. The Morgan fingerprint density at radius 2 is 1.68 bits per heavy atom. The molecule has 4 nitrogen and oxygen atoms in total. The highest BCUT2D eigenvalue weighted by atomic mass is 35.5. The molecule has 0 radical (unpaired) electrons. The smallest absolute Gasteiger partial charge is 0.227 e. The van der Waals surface area contributed by atoms with E-state index in [0.717, 1.165) is 38.4 Å². The van der Waals surface area contributed by atoms with Crippen molar-refractivity contribution in [1.29, 1.82) is 0 Å². The van der Waals surface area contributed by atoms with Crippen LogP contribution in [0.15, 0.2) is 0 Å². The normalized spacial score (nSPS) is 34.5. The van der Waals surface area contributed by atoms with E-state index >= 15 is 0 Å². The number of nitrogens with two attached hydrogens (primary N) is 1. The first kappa shape index (κ1) is 20.0. The minimum absolute atomic E-state index is 0. The third-order valence-corrected chi connectivity index (χ3v) is 5.82. The molecule has 0 aromatic rings. The largest absolute Gasteiger partial charge is 0.342 e. The van der Waals surface area contributed by atoms with Crippen molar-refractivity contribution in [3.63, 3.8) is 0 Å². The topological polar surface area (TPSA) is 49.6 Å². The summed E-state index contributed by atoms with van der Waals surface area (Å²) in [6.45, 7) is 3.03. The SMILES string of the molecule is CN(C)CC1CCN(C(=O)C2C3CCC(C3)C2N)CC1.Cl.Cl. The first-order valence-corrected chi connectivity index (χ1v) is 8.25. The van der Waals surface area contributed by atoms with Crippen LogP contribution in [0.4, 0.5) is 0 Å². The van der Waals surface area contributed by atoms with E-state index in [-0.39, 0.29) is 36.8 Å². The van der Waals surface area contributed by atoms with Crippen LogP contribution in [0.5, 0.6) is 0 Å². The van der Waals surface area contributed by atoms with E-state index in [1.807, 2.05) is 0 Å². The van der Waals surface area contributed by atoms with Crippen LogP contribution in [0.3, 0.4) is 0 Å². The lowest BCUT2D eigenvalue weighted by Crippen LogP contribution is -2.49. The van der Waals surface area contributed by atoms with Gasteiger partial charge in [-0.25, -0.2) is 0 Å². The van der Waals surface area contributed by atoms with Crippen LogP contribution in [0.2, 0.25) is 0 Å². The zero-order valence-electron chi connectivity index (χ0n) is 13.7. The van der Waals surface area contributed by atoms with Gasteiger partial charge < -0.3 is 15.5 Å². The summed E-state index contributed by atoms with van der Waals surface area (Å²) in [7, 11) is 4.26. The molecule has 0 spiro atoms. The quantitative estimate of drug-likeness (QED) is 0.845. The molecule has 22 heavy (non-hydrogen) atoms. The number of nitrogens with zero attached hydrogens (tertiary/aromatic N) is 2. The van der Waals surface area contributed by atoms with Crippen LogP contribution in [0, 0.1) is 23.7 Å². The molecule has 2 saturated carbocycles. The number of likely N-dealkylation sites (tertiary alicyclic amines) is 1. The lowest BCUT2D eigenvalue weighted by atomic mass is 9.83. The van der Waals surface area contributed by atoms with E-state index in [9.17, 15) is 4.79 Å². The molecule has 1 aliphatic heterocycles. The van der Waals surface area contributed by atoms with E-state index in [4.69, 9.17) is 5.73 Å². The molecule has 4 atom stereocenters. The Balaban J connectivity index is 0.00000121. The lowest BCUT2D eigenvalue weighted by Gasteiger charge is -2.37. The van der Waals surface area contributed by atoms with Crippen molar-refractivity contribution >= 4 is 30.7 Å².